The SMILES string of the molecule is NC(=S)C1(C(=O)N(CC2CC2)C2CC2)CCOCC1. The fraction of sp³-hybridized carbons (Fsp3) is 0.857. The number of thiocarbonyl (C=S) groups is 1. The Hall–Kier alpha value is -0.680. The van der Waals surface area contributed by atoms with Crippen LogP contribution in [0.1, 0.15) is 38.5 Å². The van der Waals surface area contributed by atoms with Crippen LogP contribution in [-0.2, 0) is 9.53 Å². The van der Waals surface area contributed by atoms with E-state index in [1.807, 2.05) is 0 Å². The molecular formula is C14H22N2O2S. The summed E-state index contributed by atoms with van der Waals surface area (Å²) in [6, 6.07) is 0.446. The highest BCUT2D eigenvalue weighted by atomic mass is 32.1. The average Bonchev–Trinajstić information content (AvgIpc) is 3.28. The van der Waals surface area contributed by atoms with E-state index in [2.05, 4.69) is 4.90 Å². The number of hydrogen-bond acceptors (Lipinski definition) is 3. The number of carbonyl (C=O) groups excluding carboxylic acids is 1. The zero-order valence-corrected chi connectivity index (χ0v) is 12.1. The highest BCUT2D eigenvalue weighted by Gasteiger charge is 2.49. The van der Waals surface area contributed by atoms with Gasteiger partial charge in [-0.15, -0.1) is 0 Å². The molecule has 3 aliphatic rings. The first kappa shape index (κ1) is 13.3. The van der Waals surface area contributed by atoms with Crippen LogP contribution in [0.25, 0.3) is 0 Å². The van der Waals surface area contributed by atoms with Gasteiger partial charge in [0.05, 0.1) is 4.99 Å². The number of nitrogens with zero attached hydrogens (tertiary/aromatic N) is 1. The van der Waals surface area contributed by atoms with Crippen molar-refractivity contribution in [1.82, 2.24) is 4.90 Å². The second-order valence-electron chi connectivity index (χ2n) is 6.19. The van der Waals surface area contributed by atoms with Crippen molar-refractivity contribution in [3.8, 4) is 0 Å². The highest BCUT2D eigenvalue weighted by molar-refractivity contribution is 7.80. The third-order valence-electron chi connectivity index (χ3n) is 4.63. The number of rotatable bonds is 5. The molecule has 1 heterocycles. The molecule has 19 heavy (non-hydrogen) atoms. The van der Waals surface area contributed by atoms with Crippen LogP contribution in [0.4, 0.5) is 0 Å². The van der Waals surface area contributed by atoms with Gasteiger partial charge in [0.15, 0.2) is 0 Å². The van der Waals surface area contributed by atoms with Crippen molar-refractivity contribution in [3.63, 3.8) is 0 Å². The Morgan fingerprint density at radius 1 is 1.26 bits per heavy atom. The van der Waals surface area contributed by atoms with E-state index in [-0.39, 0.29) is 5.91 Å². The first-order chi connectivity index (χ1) is 9.13. The van der Waals surface area contributed by atoms with E-state index < -0.39 is 5.41 Å². The zero-order valence-electron chi connectivity index (χ0n) is 11.3. The summed E-state index contributed by atoms with van der Waals surface area (Å²) < 4.78 is 5.39. The summed E-state index contributed by atoms with van der Waals surface area (Å²) in [6.45, 7) is 2.09. The Morgan fingerprint density at radius 3 is 2.37 bits per heavy atom. The Labute approximate surface area is 119 Å². The molecule has 0 unspecified atom stereocenters. The van der Waals surface area contributed by atoms with Crippen molar-refractivity contribution in [2.75, 3.05) is 19.8 Å². The Bertz CT molecular complexity index is 385. The molecule has 106 valence electrons. The second kappa shape index (κ2) is 5.02. The van der Waals surface area contributed by atoms with Crippen LogP contribution in [0.5, 0.6) is 0 Å². The molecule has 0 radical (unpaired) electrons. The van der Waals surface area contributed by atoms with Gasteiger partial charge in [-0.3, -0.25) is 4.79 Å². The summed E-state index contributed by atoms with van der Waals surface area (Å²) in [5.41, 5.74) is 5.30. The minimum Gasteiger partial charge on any atom is -0.392 e. The molecule has 3 rings (SSSR count). The molecule has 1 aliphatic heterocycles. The van der Waals surface area contributed by atoms with E-state index >= 15 is 0 Å². The van der Waals surface area contributed by atoms with Gasteiger partial charge in [0, 0.05) is 25.8 Å². The quantitative estimate of drug-likeness (QED) is 0.776. The summed E-state index contributed by atoms with van der Waals surface area (Å²) in [5.74, 6) is 0.894. The molecule has 2 N–H and O–H groups in total. The molecule has 0 atom stereocenters. The highest BCUT2D eigenvalue weighted by Crippen LogP contribution is 2.40. The fourth-order valence-corrected chi connectivity index (χ4v) is 3.21. The predicted molar refractivity (Wildman–Crippen MR) is 76.7 cm³/mol. The average molecular weight is 282 g/mol. The number of ether oxygens (including phenoxy) is 1. The second-order valence-corrected chi connectivity index (χ2v) is 6.63. The summed E-state index contributed by atoms with van der Waals surface area (Å²) in [7, 11) is 0. The summed E-state index contributed by atoms with van der Waals surface area (Å²) in [4.78, 5) is 15.5. The van der Waals surface area contributed by atoms with Crippen LogP contribution in [0.2, 0.25) is 0 Å². The Kier molecular flexibility index (Phi) is 3.52. The van der Waals surface area contributed by atoms with Crippen LogP contribution in [0, 0.1) is 11.3 Å². The van der Waals surface area contributed by atoms with Gasteiger partial charge in [-0.2, -0.15) is 0 Å². The molecule has 0 aromatic heterocycles. The number of hydrogen-bond donors (Lipinski definition) is 1. The van der Waals surface area contributed by atoms with Gasteiger partial charge in [-0.25, -0.2) is 0 Å². The minimum absolute atomic E-state index is 0.178. The van der Waals surface area contributed by atoms with Crippen LogP contribution < -0.4 is 5.73 Å². The molecule has 1 amide bonds. The molecule has 0 aromatic rings. The van der Waals surface area contributed by atoms with E-state index in [1.165, 1.54) is 12.8 Å². The lowest BCUT2D eigenvalue weighted by Gasteiger charge is -2.39. The maximum absolute atomic E-state index is 13.0. The lowest BCUT2D eigenvalue weighted by atomic mass is 9.78. The lowest BCUT2D eigenvalue weighted by molar-refractivity contribution is -0.143. The first-order valence-corrected chi connectivity index (χ1v) is 7.73. The molecule has 2 saturated carbocycles. The maximum atomic E-state index is 13.0. The maximum Gasteiger partial charge on any atom is 0.236 e. The minimum atomic E-state index is -0.634. The molecule has 1 saturated heterocycles. The van der Waals surface area contributed by atoms with Crippen molar-refractivity contribution < 1.29 is 9.53 Å². The number of amides is 1. The topological polar surface area (TPSA) is 55.6 Å². The lowest BCUT2D eigenvalue weighted by Crippen LogP contribution is -2.54. The van der Waals surface area contributed by atoms with E-state index in [9.17, 15) is 4.79 Å². The van der Waals surface area contributed by atoms with Crippen molar-refractivity contribution >= 4 is 23.1 Å². The standard InChI is InChI=1S/C14H22N2O2S/c15-12(19)14(5-7-18-8-6-14)13(17)16(11-3-4-11)9-10-1-2-10/h10-11H,1-9H2,(H2,15,19). The molecule has 4 nitrogen and oxygen atoms in total. The van der Waals surface area contributed by atoms with Crippen LogP contribution in [0.15, 0.2) is 0 Å². The third kappa shape index (κ3) is 2.63. The fourth-order valence-electron chi connectivity index (χ4n) is 2.92. The van der Waals surface area contributed by atoms with Gasteiger partial charge >= 0.3 is 0 Å². The van der Waals surface area contributed by atoms with E-state index in [0.29, 0.717) is 43.0 Å². The smallest absolute Gasteiger partial charge is 0.236 e. The Morgan fingerprint density at radius 2 is 1.89 bits per heavy atom. The molecular weight excluding hydrogens is 260 g/mol. The van der Waals surface area contributed by atoms with Crippen molar-refractivity contribution in [2.24, 2.45) is 17.1 Å². The molecule has 0 bridgehead atoms. The normalized spacial score (nSPS) is 25.9. The monoisotopic (exact) mass is 282 g/mol. The van der Waals surface area contributed by atoms with Crippen molar-refractivity contribution in [1.29, 1.82) is 0 Å². The van der Waals surface area contributed by atoms with Crippen LogP contribution in [-0.4, -0.2) is 41.6 Å². The van der Waals surface area contributed by atoms with E-state index in [0.717, 1.165) is 19.4 Å². The zero-order chi connectivity index (χ0) is 13.5. The van der Waals surface area contributed by atoms with Crippen LogP contribution in [0.3, 0.4) is 0 Å². The van der Waals surface area contributed by atoms with E-state index in [1.54, 1.807) is 0 Å². The molecule has 0 aromatic carbocycles. The summed E-state index contributed by atoms with van der Waals surface area (Å²) in [5, 5.41) is 0. The largest absolute Gasteiger partial charge is 0.392 e. The predicted octanol–water partition coefficient (Wildman–Crippen LogP) is 1.47. The van der Waals surface area contributed by atoms with Crippen molar-refractivity contribution in [3.05, 3.63) is 0 Å². The van der Waals surface area contributed by atoms with Gasteiger partial charge in [0.25, 0.3) is 0 Å². The molecule has 3 fully saturated rings. The molecule has 0 spiro atoms. The molecule has 5 heteroatoms. The number of nitrogens with two attached hydrogens (primary N) is 1. The van der Waals surface area contributed by atoms with Crippen molar-refractivity contribution in [2.45, 2.75) is 44.6 Å². The third-order valence-corrected chi connectivity index (χ3v) is 5.02. The number of carbonyl (C=O) groups is 1. The van der Waals surface area contributed by atoms with Gasteiger partial charge in [0.2, 0.25) is 5.91 Å². The molecule has 2 aliphatic carbocycles. The van der Waals surface area contributed by atoms with Gasteiger partial charge in [-0.1, -0.05) is 12.2 Å². The van der Waals surface area contributed by atoms with Gasteiger partial charge in [0.1, 0.15) is 5.41 Å². The first-order valence-electron chi connectivity index (χ1n) is 7.32. The van der Waals surface area contributed by atoms with Gasteiger partial charge in [-0.05, 0) is 44.4 Å². The summed E-state index contributed by atoms with van der Waals surface area (Å²) >= 11 is 5.23. The van der Waals surface area contributed by atoms with Gasteiger partial charge < -0.3 is 15.4 Å². The van der Waals surface area contributed by atoms with Crippen LogP contribution >= 0.6 is 12.2 Å². The Balaban J connectivity index is 1.78. The summed E-state index contributed by atoms with van der Waals surface area (Å²) in [6.07, 6.45) is 6.11. The van der Waals surface area contributed by atoms with E-state index in [4.69, 9.17) is 22.7 Å².